The number of allylic oxidation sites excluding steroid dienone is 1. The Hall–Kier alpha value is -3.39. The molecule has 8 heteroatoms. The number of amides is 1. The van der Waals surface area contributed by atoms with Gasteiger partial charge < -0.3 is 14.4 Å². The highest BCUT2D eigenvalue weighted by molar-refractivity contribution is 5.78. The molecule has 0 aromatic heterocycles. The van der Waals surface area contributed by atoms with Crippen LogP contribution in [0.1, 0.15) is 18.1 Å². The summed E-state index contributed by atoms with van der Waals surface area (Å²) in [7, 11) is 1.57. The van der Waals surface area contributed by atoms with Gasteiger partial charge in [0.05, 0.1) is 12.0 Å². The van der Waals surface area contributed by atoms with Crippen molar-refractivity contribution in [1.82, 2.24) is 9.80 Å². The molecule has 0 atom stereocenters. The summed E-state index contributed by atoms with van der Waals surface area (Å²) < 4.78 is 11.1. The maximum absolute atomic E-state index is 12.6. The summed E-state index contributed by atoms with van der Waals surface area (Å²) in [6.45, 7) is 5.10. The van der Waals surface area contributed by atoms with Crippen LogP contribution in [-0.2, 0) is 11.3 Å². The molecule has 1 aliphatic heterocycles. The van der Waals surface area contributed by atoms with Gasteiger partial charge in [0.2, 0.25) is 0 Å². The van der Waals surface area contributed by atoms with Gasteiger partial charge in [0.15, 0.2) is 18.1 Å². The lowest BCUT2D eigenvalue weighted by atomic mass is 10.1. The first kappa shape index (κ1) is 22.3. The van der Waals surface area contributed by atoms with E-state index in [0.717, 1.165) is 11.1 Å². The maximum atomic E-state index is 12.6. The van der Waals surface area contributed by atoms with Crippen molar-refractivity contribution in [1.29, 1.82) is 0 Å². The number of piperazine rings is 1. The zero-order valence-corrected chi connectivity index (χ0v) is 17.8. The van der Waals surface area contributed by atoms with Crippen LogP contribution in [0.4, 0.5) is 5.69 Å². The third-order valence-corrected chi connectivity index (χ3v) is 5.15. The molecule has 0 bridgehead atoms. The molecule has 0 N–H and O–H groups in total. The summed E-state index contributed by atoms with van der Waals surface area (Å²) in [5.41, 5.74) is 1.99. The Bertz CT molecular complexity index is 952. The Balaban J connectivity index is 1.49. The molecule has 0 spiro atoms. The first-order chi connectivity index (χ1) is 15.0. The van der Waals surface area contributed by atoms with Gasteiger partial charge in [-0.1, -0.05) is 30.4 Å². The van der Waals surface area contributed by atoms with E-state index in [1.807, 2.05) is 37.3 Å². The van der Waals surface area contributed by atoms with Gasteiger partial charge in [0, 0.05) is 44.9 Å². The van der Waals surface area contributed by atoms with Crippen LogP contribution in [0.15, 0.2) is 48.5 Å². The van der Waals surface area contributed by atoms with Crippen LogP contribution in [0.3, 0.4) is 0 Å². The molecule has 1 heterocycles. The van der Waals surface area contributed by atoms with Gasteiger partial charge in [-0.15, -0.1) is 0 Å². The fourth-order valence-electron chi connectivity index (χ4n) is 3.51. The van der Waals surface area contributed by atoms with Crippen molar-refractivity contribution in [2.45, 2.75) is 13.5 Å². The third-order valence-electron chi connectivity index (χ3n) is 5.15. The monoisotopic (exact) mass is 425 g/mol. The van der Waals surface area contributed by atoms with E-state index in [1.165, 1.54) is 6.07 Å². The number of non-ortho nitro benzene ring substituents is 1. The summed E-state index contributed by atoms with van der Waals surface area (Å²) in [4.78, 5) is 27.1. The van der Waals surface area contributed by atoms with Crippen LogP contribution in [0.5, 0.6) is 11.5 Å². The quantitative estimate of drug-likeness (QED) is 0.476. The van der Waals surface area contributed by atoms with E-state index in [1.54, 1.807) is 30.2 Å². The molecule has 31 heavy (non-hydrogen) atoms. The van der Waals surface area contributed by atoms with E-state index in [0.29, 0.717) is 44.2 Å². The Labute approximate surface area is 181 Å². The molecule has 1 fully saturated rings. The van der Waals surface area contributed by atoms with Crippen molar-refractivity contribution in [3.05, 3.63) is 69.8 Å². The predicted octanol–water partition coefficient (Wildman–Crippen LogP) is 3.36. The number of carbonyl (C=O) groups is 1. The van der Waals surface area contributed by atoms with Gasteiger partial charge in [-0.05, 0) is 30.2 Å². The smallest absolute Gasteiger partial charge is 0.269 e. The lowest BCUT2D eigenvalue weighted by molar-refractivity contribution is -0.384. The van der Waals surface area contributed by atoms with Crippen LogP contribution in [-0.4, -0.2) is 60.5 Å². The molecule has 2 aromatic rings. The van der Waals surface area contributed by atoms with Gasteiger partial charge >= 0.3 is 0 Å². The molecule has 2 aromatic carbocycles. The highest BCUT2D eigenvalue weighted by Crippen LogP contribution is 2.28. The van der Waals surface area contributed by atoms with E-state index in [-0.39, 0.29) is 23.1 Å². The van der Waals surface area contributed by atoms with Crippen molar-refractivity contribution in [2.24, 2.45) is 0 Å². The number of ether oxygens (including phenoxy) is 2. The number of methoxy groups -OCH3 is 1. The van der Waals surface area contributed by atoms with Crippen LogP contribution in [0, 0.1) is 10.1 Å². The first-order valence-corrected chi connectivity index (χ1v) is 10.2. The lowest BCUT2D eigenvalue weighted by Gasteiger charge is -2.34. The summed E-state index contributed by atoms with van der Waals surface area (Å²) in [5, 5.41) is 10.9. The van der Waals surface area contributed by atoms with Crippen LogP contribution in [0.25, 0.3) is 6.08 Å². The molecule has 3 rings (SSSR count). The average molecular weight is 425 g/mol. The second-order valence-corrected chi connectivity index (χ2v) is 7.28. The van der Waals surface area contributed by atoms with Crippen LogP contribution in [0.2, 0.25) is 0 Å². The zero-order valence-electron chi connectivity index (χ0n) is 17.8. The van der Waals surface area contributed by atoms with E-state index in [2.05, 4.69) is 4.90 Å². The fourth-order valence-corrected chi connectivity index (χ4v) is 3.51. The van der Waals surface area contributed by atoms with Crippen molar-refractivity contribution >= 4 is 17.7 Å². The van der Waals surface area contributed by atoms with Gasteiger partial charge in [-0.3, -0.25) is 19.8 Å². The predicted molar refractivity (Wildman–Crippen MR) is 118 cm³/mol. The minimum Gasteiger partial charge on any atom is -0.493 e. The number of nitro groups is 1. The summed E-state index contributed by atoms with van der Waals surface area (Å²) >= 11 is 0. The molecule has 1 aliphatic rings. The lowest BCUT2D eigenvalue weighted by Crippen LogP contribution is -2.49. The summed E-state index contributed by atoms with van der Waals surface area (Å²) in [6.07, 6.45) is 3.90. The Kier molecular flexibility index (Phi) is 7.61. The number of hydrogen-bond donors (Lipinski definition) is 0. The Morgan fingerprint density at radius 3 is 2.58 bits per heavy atom. The van der Waals surface area contributed by atoms with Gasteiger partial charge in [-0.25, -0.2) is 0 Å². The normalized spacial score (nSPS) is 14.6. The number of rotatable bonds is 8. The van der Waals surface area contributed by atoms with E-state index < -0.39 is 0 Å². The number of nitro benzene ring substituents is 1. The molecule has 164 valence electrons. The molecule has 0 unspecified atom stereocenters. The number of carbonyl (C=O) groups excluding carboxylic acids is 1. The minimum absolute atomic E-state index is 0.0514. The van der Waals surface area contributed by atoms with Crippen molar-refractivity contribution in [3.63, 3.8) is 0 Å². The van der Waals surface area contributed by atoms with Gasteiger partial charge in [0.25, 0.3) is 11.6 Å². The molecule has 0 radical (unpaired) electrons. The zero-order chi connectivity index (χ0) is 22.2. The van der Waals surface area contributed by atoms with Gasteiger partial charge in [-0.2, -0.15) is 0 Å². The van der Waals surface area contributed by atoms with Crippen LogP contribution < -0.4 is 9.47 Å². The maximum Gasteiger partial charge on any atom is 0.269 e. The average Bonchev–Trinajstić information content (AvgIpc) is 2.78. The molecule has 1 amide bonds. The minimum atomic E-state index is -0.386. The molecular formula is C23H27N3O5. The number of hydrogen-bond acceptors (Lipinski definition) is 6. The van der Waals surface area contributed by atoms with Crippen molar-refractivity contribution in [2.75, 3.05) is 39.9 Å². The first-order valence-electron chi connectivity index (χ1n) is 10.2. The van der Waals surface area contributed by atoms with E-state index >= 15 is 0 Å². The molecule has 1 saturated heterocycles. The molecule has 0 aliphatic carbocycles. The summed E-state index contributed by atoms with van der Waals surface area (Å²) in [5.74, 6) is 1.05. The Morgan fingerprint density at radius 2 is 1.90 bits per heavy atom. The fraction of sp³-hybridized carbons (Fsp3) is 0.348. The third kappa shape index (κ3) is 6.05. The summed E-state index contributed by atoms with van der Waals surface area (Å²) in [6, 6.07) is 12.3. The molecule has 0 saturated carbocycles. The Morgan fingerprint density at radius 1 is 1.13 bits per heavy atom. The highest BCUT2D eigenvalue weighted by Gasteiger charge is 2.22. The standard InChI is InChI=1S/C23H27N3O5/c1-3-5-18-8-9-21(22(15-18)30-2)31-17-23(27)25-12-10-24(11-13-25)16-19-6-4-7-20(14-19)26(28)29/h3-9,14-15H,10-13,16-17H2,1-2H3/b5-3+. The SMILES string of the molecule is C/C=C/c1ccc(OCC(=O)N2CCN(Cc3cccc([N+](=O)[O-])c3)CC2)c(OC)c1. The van der Waals surface area contributed by atoms with E-state index in [9.17, 15) is 14.9 Å². The molecular weight excluding hydrogens is 398 g/mol. The largest absolute Gasteiger partial charge is 0.493 e. The topological polar surface area (TPSA) is 85.2 Å². The van der Waals surface area contributed by atoms with Gasteiger partial charge in [0.1, 0.15) is 0 Å². The van der Waals surface area contributed by atoms with Crippen molar-refractivity contribution in [3.8, 4) is 11.5 Å². The second kappa shape index (κ2) is 10.6. The van der Waals surface area contributed by atoms with E-state index in [4.69, 9.17) is 9.47 Å². The number of benzene rings is 2. The second-order valence-electron chi connectivity index (χ2n) is 7.28. The highest BCUT2D eigenvalue weighted by atomic mass is 16.6. The van der Waals surface area contributed by atoms with Crippen molar-refractivity contribution < 1.29 is 19.2 Å². The molecule has 8 nitrogen and oxygen atoms in total. The van der Waals surface area contributed by atoms with Crippen LogP contribution >= 0.6 is 0 Å². The number of nitrogens with zero attached hydrogens (tertiary/aromatic N) is 3.